The van der Waals surface area contributed by atoms with Crippen LogP contribution < -0.4 is 4.74 Å². The topological polar surface area (TPSA) is 113 Å². The van der Waals surface area contributed by atoms with Crippen LogP contribution in [0, 0.1) is 34.5 Å². The molecule has 2 fully saturated rings. The number of hydrogen-bond acceptors (Lipinski definition) is 7. The van der Waals surface area contributed by atoms with Crippen LogP contribution in [-0.2, 0) is 9.53 Å². The van der Waals surface area contributed by atoms with Gasteiger partial charge in [0.05, 0.1) is 12.0 Å². The van der Waals surface area contributed by atoms with Crippen LogP contribution in [-0.4, -0.2) is 51.5 Å². The average molecular weight is 545 g/mol. The van der Waals surface area contributed by atoms with Crippen LogP contribution in [0.3, 0.4) is 0 Å². The number of ether oxygens (including phenoxy) is 2. The van der Waals surface area contributed by atoms with Gasteiger partial charge in [-0.05, 0) is 71.9 Å². The fraction of sp³-hybridized carbons (Fsp3) is 0.455. The fourth-order valence-corrected chi connectivity index (χ4v) is 8.10. The number of fused-ring (bicyclic) bond motifs is 3. The van der Waals surface area contributed by atoms with Gasteiger partial charge in [-0.2, -0.15) is 0 Å². The molecular weight excluding hydrogens is 508 g/mol. The molecule has 0 radical (unpaired) electrons. The lowest BCUT2D eigenvalue weighted by Gasteiger charge is -2.48. The minimum atomic E-state index is -2.19. The molecule has 4 aliphatic rings. The van der Waals surface area contributed by atoms with Gasteiger partial charge in [-0.3, -0.25) is 4.79 Å². The van der Waals surface area contributed by atoms with Crippen LogP contribution in [0.4, 0.5) is 0 Å². The number of ketones is 1. The largest absolute Gasteiger partial charge is 0.456 e. The summed E-state index contributed by atoms with van der Waals surface area (Å²) in [4.78, 5) is 28.2. The molecule has 0 heterocycles. The summed E-state index contributed by atoms with van der Waals surface area (Å²) in [5.74, 6) is -0.701. The van der Waals surface area contributed by atoms with Gasteiger partial charge < -0.3 is 24.8 Å². The average Bonchev–Trinajstić information content (AvgIpc) is 3.43. The van der Waals surface area contributed by atoms with Gasteiger partial charge in [-0.15, -0.1) is 0 Å². The summed E-state index contributed by atoms with van der Waals surface area (Å²) in [7, 11) is 0. The lowest BCUT2D eigenvalue weighted by molar-refractivity contribution is -0.190. The molecule has 0 aliphatic heterocycles. The zero-order chi connectivity index (χ0) is 28.6. The monoisotopic (exact) mass is 544 g/mol. The lowest BCUT2D eigenvalue weighted by atomic mass is 9.59. The van der Waals surface area contributed by atoms with Crippen molar-refractivity contribution in [2.75, 3.05) is 6.61 Å². The molecule has 6 rings (SSSR count). The van der Waals surface area contributed by atoms with Gasteiger partial charge in [-0.1, -0.05) is 63.3 Å². The summed E-state index contributed by atoms with van der Waals surface area (Å²) >= 11 is 0. The van der Waals surface area contributed by atoms with Gasteiger partial charge in [0.1, 0.15) is 23.2 Å². The van der Waals surface area contributed by atoms with Gasteiger partial charge in [0.25, 0.3) is 0 Å². The SMILES string of the molecule is CC1=C[C@@]23C(=O)[C@@H](C=C(CO)[C@@H](O)[C@]2(O)[C@H]1OC(=O)c1ccccc1Oc1ccccc1)[C@H]1[C@@H](C[C@H]3C)C1(C)C. The molecule has 210 valence electrons. The highest BCUT2D eigenvalue weighted by atomic mass is 16.6. The van der Waals surface area contributed by atoms with Crippen molar-refractivity contribution < 1.29 is 34.4 Å². The number of carbonyl (C=O) groups excluding carboxylic acids is 2. The second-order valence-corrected chi connectivity index (χ2v) is 12.6. The fourth-order valence-electron chi connectivity index (χ4n) is 8.10. The Morgan fingerprint density at radius 1 is 1.07 bits per heavy atom. The summed E-state index contributed by atoms with van der Waals surface area (Å²) in [6, 6.07) is 15.7. The molecule has 0 saturated heterocycles. The van der Waals surface area contributed by atoms with Crippen LogP contribution in [0.25, 0.3) is 0 Å². The molecule has 8 atom stereocenters. The number of hydrogen-bond donors (Lipinski definition) is 3. The van der Waals surface area contributed by atoms with Crippen molar-refractivity contribution in [3.8, 4) is 11.5 Å². The Morgan fingerprint density at radius 2 is 1.75 bits per heavy atom. The maximum Gasteiger partial charge on any atom is 0.342 e. The summed E-state index contributed by atoms with van der Waals surface area (Å²) in [6.45, 7) is 7.42. The second-order valence-electron chi connectivity index (χ2n) is 12.6. The van der Waals surface area contributed by atoms with Crippen molar-refractivity contribution in [2.24, 2.45) is 34.5 Å². The number of allylic oxidation sites excluding steroid dienone is 1. The highest BCUT2D eigenvalue weighted by molar-refractivity contribution is 5.96. The molecule has 3 N–H and O–H groups in total. The standard InChI is InChI=1S/C33H36O7/c1-18-16-32-19(2)14-24-26(31(24,3)4)23(28(32)36)15-20(17-34)27(35)33(32,38)29(18)40-30(37)22-12-8-9-13-25(22)39-21-10-6-5-7-11-21/h5-13,15-16,19,23-24,26-27,29,34-35,38H,14,17H2,1-4H3/t19-,23+,24-,26+,27-,29+,32-,33+/m1/s1. The smallest absolute Gasteiger partial charge is 0.342 e. The Bertz CT molecular complexity index is 1430. The van der Waals surface area contributed by atoms with E-state index in [1.165, 1.54) is 0 Å². The van der Waals surface area contributed by atoms with Crippen LogP contribution in [0.2, 0.25) is 0 Å². The molecule has 40 heavy (non-hydrogen) atoms. The minimum Gasteiger partial charge on any atom is -0.456 e. The number of aliphatic hydroxyl groups is 3. The molecule has 0 unspecified atom stereocenters. The van der Waals surface area contributed by atoms with E-state index in [1.807, 2.05) is 25.1 Å². The van der Waals surface area contributed by atoms with Crippen molar-refractivity contribution in [3.63, 3.8) is 0 Å². The molecule has 2 saturated carbocycles. The van der Waals surface area contributed by atoms with Gasteiger partial charge in [0.15, 0.2) is 17.5 Å². The first kappa shape index (κ1) is 26.9. The summed E-state index contributed by atoms with van der Waals surface area (Å²) in [6.07, 6.45) is 1.15. The third-order valence-corrected chi connectivity index (χ3v) is 10.2. The number of para-hydroxylation sites is 2. The van der Waals surface area contributed by atoms with E-state index in [4.69, 9.17) is 9.47 Å². The molecule has 7 nitrogen and oxygen atoms in total. The molecule has 2 bridgehead atoms. The first-order chi connectivity index (χ1) is 19.0. The van der Waals surface area contributed by atoms with E-state index >= 15 is 0 Å². The number of aliphatic hydroxyl groups excluding tert-OH is 2. The highest BCUT2D eigenvalue weighted by Crippen LogP contribution is 2.71. The summed E-state index contributed by atoms with van der Waals surface area (Å²) in [5.41, 5.74) is -2.93. The maximum absolute atomic E-state index is 14.5. The van der Waals surface area contributed by atoms with Gasteiger partial charge in [0.2, 0.25) is 0 Å². The zero-order valence-corrected chi connectivity index (χ0v) is 23.2. The van der Waals surface area contributed by atoms with Crippen LogP contribution in [0.15, 0.2) is 77.9 Å². The Hall–Kier alpha value is -3.26. The zero-order valence-electron chi connectivity index (χ0n) is 23.2. The van der Waals surface area contributed by atoms with Gasteiger partial charge in [-0.25, -0.2) is 4.79 Å². The van der Waals surface area contributed by atoms with E-state index in [0.717, 1.165) is 0 Å². The van der Waals surface area contributed by atoms with E-state index in [0.29, 0.717) is 17.7 Å². The Balaban J connectivity index is 1.40. The van der Waals surface area contributed by atoms with E-state index in [2.05, 4.69) is 13.8 Å². The lowest BCUT2D eigenvalue weighted by Crippen LogP contribution is -2.65. The summed E-state index contributed by atoms with van der Waals surface area (Å²) < 4.78 is 12.0. The van der Waals surface area contributed by atoms with Crippen molar-refractivity contribution in [1.82, 2.24) is 0 Å². The van der Waals surface area contributed by atoms with Gasteiger partial charge in [0, 0.05) is 5.92 Å². The predicted molar refractivity (Wildman–Crippen MR) is 148 cm³/mol. The third kappa shape index (κ3) is 3.54. The maximum atomic E-state index is 14.5. The van der Waals surface area contributed by atoms with Crippen LogP contribution >= 0.6 is 0 Å². The van der Waals surface area contributed by atoms with Crippen molar-refractivity contribution in [2.45, 2.75) is 51.9 Å². The van der Waals surface area contributed by atoms with Crippen LogP contribution in [0.5, 0.6) is 11.5 Å². The number of carbonyl (C=O) groups is 2. The van der Waals surface area contributed by atoms with E-state index in [9.17, 15) is 24.9 Å². The predicted octanol–water partition coefficient (Wildman–Crippen LogP) is 4.47. The van der Waals surface area contributed by atoms with E-state index in [-0.39, 0.29) is 45.8 Å². The van der Waals surface area contributed by atoms with Crippen molar-refractivity contribution in [3.05, 3.63) is 83.5 Å². The first-order valence-electron chi connectivity index (χ1n) is 14.0. The number of benzene rings is 2. The van der Waals surface area contributed by atoms with E-state index in [1.54, 1.807) is 55.5 Å². The minimum absolute atomic E-state index is 0.0512. The Kier molecular flexibility index (Phi) is 6.15. The molecule has 1 spiro atoms. The Labute approximate surface area is 234 Å². The van der Waals surface area contributed by atoms with Crippen molar-refractivity contribution >= 4 is 11.8 Å². The molecule has 0 amide bonds. The summed E-state index contributed by atoms with van der Waals surface area (Å²) in [5, 5.41) is 34.6. The number of Topliss-reactive ketones (excluding diaryl/α,β-unsaturated/α-hetero) is 1. The molecule has 0 aromatic heterocycles. The first-order valence-corrected chi connectivity index (χ1v) is 14.0. The van der Waals surface area contributed by atoms with Crippen LogP contribution in [0.1, 0.15) is 44.5 Å². The molecule has 7 heteroatoms. The Morgan fingerprint density at radius 3 is 2.45 bits per heavy atom. The molecule has 4 aliphatic carbocycles. The third-order valence-electron chi connectivity index (χ3n) is 10.2. The van der Waals surface area contributed by atoms with E-state index < -0.39 is 41.7 Å². The normalized spacial score (nSPS) is 37.2. The van der Waals surface area contributed by atoms with Crippen molar-refractivity contribution in [1.29, 1.82) is 0 Å². The number of rotatable bonds is 5. The molecule has 2 aromatic rings. The quantitative estimate of drug-likeness (QED) is 0.376. The second kappa shape index (κ2) is 9.13. The molecule has 2 aromatic carbocycles. The highest BCUT2D eigenvalue weighted by Gasteiger charge is 2.76. The molecular formula is C33H36O7. The van der Waals surface area contributed by atoms with Gasteiger partial charge >= 0.3 is 5.97 Å². The number of esters is 1.